The standard InChI is InChI=1S/C10H13F2NO2S/c1-10(2,3)13-16(14,15)9-7(11)5-4-6-8(9)12/h4-6,13H,1-3H3. The maximum Gasteiger partial charge on any atom is 0.246 e. The maximum absolute atomic E-state index is 13.3. The van der Waals surface area contributed by atoms with E-state index in [1.54, 1.807) is 20.8 Å². The van der Waals surface area contributed by atoms with Crippen molar-refractivity contribution >= 4 is 10.0 Å². The Morgan fingerprint density at radius 2 is 1.56 bits per heavy atom. The van der Waals surface area contributed by atoms with Crippen LogP contribution in [-0.2, 0) is 10.0 Å². The van der Waals surface area contributed by atoms with Crippen LogP contribution in [0, 0.1) is 11.6 Å². The first-order chi connectivity index (χ1) is 7.13. The molecule has 1 aromatic rings. The number of benzene rings is 1. The average Bonchev–Trinajstić information content (AvgIpc) is 1.97. The Hall–Kier alpha value is -1.01. The Balaban J connectivity index is 3.29. The van der Waals surface area contributed by atoms with Crippen LogP contribution in [0.5, 0.6) is 0 Å². The van der Waals surface area contributed by atoms with Crippen LogP contribution >= 0.6 is 0 Å². The molecule has 0 heterocycles. The first kappa shape index (κ1) is 13.1. The normalized spacial score (nSPS) is 12.8. The van der Waals surface area contributed by atoms with Crippen molar-refractivity contribution in [3.8, 4) is 0 Å². The van der Waals surface area contributed by atoms with E-state index >= 15 is 0 Å². The minimum Gasteiger partial charge on any atom is -0.207 e. The molecule has 0 aliphatic rings. The fourth-order valence-corrected chi connectivity index (χ4v) is 2.75. The van der Waals surface area contributed by atoms with Gasteiger partial charge in [-0.25, -0.2) is 21.9 Å². The minimum absolute atomic E-state index is 0.798. The topological polar surface area (TPSA) is 46.2 Å². The largest absolute Gasteiger partial charge is 0.246 e. The highest BCUT2D eigenvalue weighted by Gasteiger charge is 2.27. The van der Waals surface area contributed by atoms with Crippen LogP contribution in [0.15, 0.2) is 23.1 Å². The lowest BCUT2D eigenvalue weighted by Gasteiger charge is -2.20. The van der Waals surface area contributed by atoms with E-state index in [0.29, 0.717) is 0 Å². The van der Waals surface area contributed by atoms with E-state index in [2.05, 4.69) is 4.72 Å². The summed E-state index contributed by atoms with van der Waals surface area (Å²) < 4.78 is 52.1. The molecule has 16 heavy (non-hydrogen) atoms. The molecule has 0 unspecified atom stereocenters. The maximum atomic E-state index is 13.3. The SMILES string of the molecule is CC(C)(C)NS(=O)(=O)c1c(F)cccc1F. The second-order valence-corrected chi connectivity index (χ2v) is 6.03. The van der Waals surface area contributed by atoms with Crippen LogP contribution < -0.4 is 4.72 Å². The summed E-state index contributed by atoms with van der Waals surface area (Å²) in [6, 6.07) is 2.92. The first-order valence-corrected chi connectivity index (χ1v) is 6.10. The van der Waals surface area contributed by atoms with Gasteiger partial charge in [-0.2, -0.15) is 0 Å². The smallest absolute Gasteiger partial charge is 0.207 e. The molecule has 0 aliphatic heterocycles. The van der Waals surface area contributed by atoms with Crippen molar-refractivity contribution in [3.63, 3.8) is 0 Å². The summed E-state index contributed by atoms with van der Waals surface area (Å²) in [5.74, 6) is -2.20. The summed E-state index contributed by atoms with van der Waals surface area (Å²) in [4.78, 5) is -0.940. The van der Waals surface area contributed by atoms with Crippen molar-refractivity contribution < 1.29 is 17.2 Å². The van der Waals surface area contributed by atoms with Crippen LogP contribution in [0.1, 0.15) is 20.8 Å². The zero-order valence-electron chi connectivity index (χ0n) is 9.21. The molecule has 0 bridgehead atoms. The predicted molar refractivity (Wildman–Crippen MR) is 56.4 cm³/mol. The Morgan fingerprint density at radius 1 is 1.12 bits per heavy atom. The molecule has 6 heteroatoms. The van der Waals surface area contributed by atoms with Gasteiger partial charge < -0.3 is 0 Å². The highest BCUT2D eigenvalue weighted by molar-refractivity contribution is 7.89. The van der Waals surface area contributed by atoms with Gasteiger partial charge in [-0.3, -0.25) is 0 Å². The predicted octanol–water partition coefficient (Wildman–Crippen LogP) is 2.04. The van der Waals surface area contributed by atoms with E-state index in [-0.39, 0.29) is 0 Å². The van der Waals surface area contributed by atoms with Gasteiger partial charge >= 0.3 is 0 Å². The highest BCUT2D eigenvalue weighted by atomic mass is 32.2. The highest BCUT2D eigenvalue weighted by Crippen LogP contribution is 2.19. The minimum atomic E-state index is -4.18. The molecular weight excluding hydrogens is 236 g/mol. The molecule has 0 atom stereocenters. The lowest BCUT2D eigenvalue weighted by Crippen LogP contribution is -2.41. The van der Waals surface area contributed by atoms with E-state index in [1.807, 2.05) is 0 Å². The summed E-state index contributed by atoms with van der Waals surface area (Å²) in [7, 11) is -4.18. The Morgan fingerprint density at radius 3 is 1.94 bits per heavy atom. The zero-order valence-corrected chi connectivity index (χ0v) is 10.0. The molecule has 0 radical (unpaired) electrons. The average molecular weight is 249 g/mol. The van der Waals surface area contributed by atoms with E-state index in [4.69, 9.17) is 0 Å². The molecule has 1 N–H and O–H groups in total. The van der Waals surface area contributed by atoms with E-state index in [1.165, 1.54) is 0 Å². The van der Waals surface area contributed by atoms with Crippen molar-refractivity contribution in [1.29, 1.82) is 0 Å². The molecule has 0 aliphatic carbocycles. The van der Waals surface area contributed by atoms with Gasteiger partial charge in [0.1, 0.15) is 11.6 Å². The summed E-state index contributed by atoms with van der Waals surface area (Å²) in [6.07, 6.45) is 0. The van der Waals surface area contributed by atoms with Gasteiger partial charge in [-0.05, 0) is 32.9 Å². The van der Waals surface area contributed by atoms with Gasteiger partial charge in [0.05, 0.1) is 0 Å². The summed E-state index contributed by atoms with van der Waals surface area (Å²) in [5, 5.41) is 0. The molecule has 0 spiro atoms. The Kier molecular flexibility index (Phi) is 3.35. The number of hydrogen-bond acceptors (Lipinski definition) is 2. The molecule has 0 saturated heterocycles. The van der Waals surface area contributed by atoms with Gasteiger partial charge in [0, 0.05) is 5.54 Å². The third kappa shape index (κ3) is 2.99. The third-order valence-electron chi connectivity index (χ3n) is 1.63. The number of rotatable bonds is 2. The van der Waals surface area contributed by atoms with Crippen LogP contribution in [0.25, 0.3) is 0 Å². The van der Waals surface area contributed by atoms with Crippen molar-refractivity contribution in [1.82, 2.24) is 4.72 Å². The number of sulfonamides is 1. The molecular formula is C10H13F2NO2S. The van der Waals surface area contributed by atoms with E-state index in [0.717, 1.165) is 18.2 Å². The lowest BCUT2D eigenvalue weighted by molar-refractivity contribution is 0.474. The number of halogens is 2. The van der Waals surface area contributed by atoms with Crippen molar-refractivity contribution in [2.24, 2.45) is 0 Å². The number of hydrogen-bond donors (Lipinski definition) is 1. The summed E-state index contributed by atoms with van der Waals surface area (Å²) in [5.41, 5.74) is -0.798. The van der Waals surface area contributed by atoms with Gasteiger partial charge in [0.25, 0.3) is 0 Å². The summed E-state index contributed by atoms with van der Waals surface area (Å²) in [6.45, 7) is 4.76. The lowest BCUT2D eigenvalue weighted by atomic mass is 10.1. The van der Waals surface area contributed by atoms with E-state index in [9.17, 15) is 17.2 Å². The zero-order chi connectivity index (χ0) is 12.6. The Bertz CT molecular complexity index is 472. The third-order valence-corrected chi connectivity index (χ3v) is 3.44. The van der Waals surface area contributed by atoms with Crippen molar-refractivity contribution in [3.05, 3.63) is 29.8 Å². The fraction of sp³-hybridized carbons (Fsp3) is 0.400. The monoisotopic (exact) mass is 249 g/mol. The fourth-order valence-electron chi connectivity index (χ4n) is 1.19. The van der Waals surface area contributed by atoms with Crippen LogP contribution in [0.2, 0.25) is 0 Å². The Labute approximate surface area is 93.5 Å². The van der Waals surface area contributed by atoms with Crippen molar-refractivity contribution in [2.45, 2.75) is 31.2 Å². The molecule has 0 saturated carbocycles. The van der Waals surface area contributed by atoms with Crippen LogP contribution in [0.3, 0.4) is 0 Å². The second kappa shape index (κ2) is 4.10. The van der Waals surface area contributed by atoms with E-state index < -0.39 is 32.1 Å². The second-order valence-electron chi connectivity index (χ2n) is 4.41. The molecule has 0 amide bonds. The van der Waals surface area contributed by atoms with Gasteiger partial charge in [0.2, 0.25) is 10.0 Å². The molecule has 1 rings (SSSR count). The molecule has 0 aromatic heterocycles. The first-order valence-electron chi connectivity index (χ1n) is 4.61. The van der Waals surface area contributed by atoms with Crippen LogP contribution in [-0.4, -0.2) is 14.0 Å². The van der Waals surface area contributed by atoms with Crippen LogP contribution in [0.4, 0.5) is 8.78 Å². The molecule has 3 nitrogen and oxygen atoms in total. The molecule has 1 aromatic carbocycles. The van der Waals surface area contributed by atoms with Gasteiger partial charge in [-0.15, -0.1) is 0 Å². The molecule has 0 fully saturated rings. The van der Waals surface area contributed by atoms with Gasteiger partial charge in [0.15, 0.2) is 4.90 Å². The summed E-state index contributed by atoms with van der Waals surface area (Å²) >= 11 is 0. The number of nitrogens with one attached hydrogen (secondary N) is 1. The van der Waals surface area contributed by atoms with Crippen molar-refractivity contribution in [2.75, 3.05) is 0 Å². The van der Waals surface area contributed by atoms with Gasteiger partial charge in [-0.1, -0.05) is 6.07 Å². The molecule has 90 valence electrons. The quantitative estimate of drug-likeness (QED) is 0.871.